The lowest BCUT2D eigenvalue weighted by molar-refractivity contribution is -0.149. The van der Waals surface area contributed by atoms with Crippen LogP contribution in [0.2, 0.25) is 0 Å². The van der Waals surface area contributed by atoms with E-state index < -0.39 is 0 Å². The Morgan fingerprint density at radius 1 is 1.27 bits per heavy atom. The van der Waals surface area contributed by atoms with Crippen molar-refractivity contribution in [2.45, 2.75) is 64.4 Å². The van der Waals surface area contributed by atoms with Gasteiger partial charge in [-0.05, 0) is 19.3 Å². The van der Waals surface area contributed by atoms with Crippen LogP contribution in [0, 0.1) is 0 Å². The van der Waals surface area contributed by atoms with Crippen LogP contribution in [0.15, 0.2) is 0 Å². The number of hydrogen-bond acceptors (Lipinski definition) is 3. The first-order valence-electron chi connectivity index (χ1n) is 5.93. The molecule has 86 valence electrons. The van der Waals surface area contributed by atoms with Gasteiger partial charge in [-0.1, -0.05) is 26.2 Å². The van der Waals surface area contributed by atoms with Crippen molar-refractivity contribution in [3.8, 4) is 0 Å². The predicted octanol–water partition coefficient (Wildman–Crippen LogP) is 2.62. The summed E-state index contributed by atoms with van der Waals surface area (Å²) in [5, 5.41) is 0. The fourth-order valence-corrected chi connectivity index (χ4v) is 1.86. The van der Waals surface area contributed by atoms with Crippen LogP contribution < -0.4 is 0 Å². The van der Waals surface area contributed by atoms with E-state index in [1.165, 1.54) is 19.3 Å². The number of rotatable bonds is 5. The third-order valence-electron chi connectivity index (χ3n) is 2.76. The molecule has 1 heterocycles. The van der Waals surface area contributed by atoms with E-state index in [1.54, 1.807) is 0 Å². The Hall–Kier alpha value is -0.860. The van der Waals surface area contributed by atoms with Gasteiger partial charge in [0.1, 0.15) is 18.3 Å². The van der Waals surface area contributed by atoms with Gasteiger partial charge in [-0.25, -0.2) is 0 Å². The Kier molecular flexibility index (Phi) is 5.37. The fourth-order valence-electron chi connectivity index (χ4n) is 1.86. The van der Waals surface area contributed by atoms with Crippen molar-refractivity contribution in [1.29, 1.82) is 0 Å². The lowest BCUT2D eigenvalue weighted by Gasteiger charge is -2.13. The van der Waals surface area contributed by atoms with E-state index in [0.717, 1.165) is 19.3 Å². The van der Waals surface area contributed by atoms with Crippen LogP contribution in [0.5, 0.6) is 0 Å². The summed E-state index contributed by atoms with van der Waals surface area (Å²) < 4.78 is 5.20. The standard InChI is InChI=1S/C12H20O3/c1-2-3-4-5-6-11-8-7-10(13)9-12(14)15-11/h11H,2-9H2,1H3. The van der Waals surface area contributed by atoms with Gasteiger partial charge < -0.3 is 4.74 Å². The molecular weight excluding hydrogens is 192 g/mol. The van der Waals surface area contributed by atoms with Crippen LogP contribution in [-0.4, -0.2) is 17.9 Å². The monoisotopic (exact) mass is 212 g/mol. The van der Waals surface area contributed by atoms with Crippen molar-refractivity contribution in [2.75, 3.05) is 0 Å². The summed E-state index contributed by atoms with van der Waals surface area (Å²) in [5.74, 6) is -0.311. The minimum absolute atomic E-state index is 0.0131. The molecule has 1 atom stereocenters. The zero-order chi connectivity index (χ0) is 11.1. The number of carbonyl (C=O) groups is 2. The largest absolute Gasteiger partial charge is 0.462 e. The van der Waals surface area contributed by atoms with Crippen LogP contribution >= 0.6 is 0 Å². The van der Waals surface area contributed by atoms with Gasteiger partial charge in [-0.3, -0.25) is 9.59 Å². The second-order valence-electron chi connectivity index (χ2n) is 4.22. The molecule has 0 aliphatic carbocycles. The Balaban J connectivity index is 2.22. The molecule has 0 amide bonds. The third kappa shape index (κ3) is 4.96. The van der Waals surface area contributed by atoms with Gasteiger partial charge in [0.05, 0.1) is 0 Å². The van der Waals surface area contributed by atoms with Crippen LogP contribution in [0.1, 0.15) is 58.3 Å². The maximum Gasteiger partial charge on any atom is 0.313 e. The van der Waals surface area contributed by atoms with Crippen molar-refractivity contribution >= 4 is 11.8 Å². The van der Waals surface area contributed by atoms with Crippen molar-refractivity contribution in [3.05, 3.63) is 0 Å². The predicted molar refractivity (Wildman–Crippen MR) is 57.5 cm³/mol. The number of ether oxygens (including phenoxy) is 1. The quantitative estimate of drug-likeness (QED) is 0.399. The second-order valence-corrected chi connectivity index (χ2v) is 4.22. The van der Waals surface area contributed by atoms with Crippen molar-refractivity contribution in [3.63, 3.8) is 0 Å². The van der Waals surface area contributed by atoms with Gasteiger partial charge in [0, 0.05) is 6.42 Å². The van der Waals surface area contributed by atoms with Gasteiger partial charge in [-0.2, -0.15) is 0 Å². The molecule has 1 unspecified atom stereocenters. The smallest absolute Gasteiger partial charge is 0.313 e. The van der Waals surface area contributed by atoms with Crippen LogP contribution in [0.25, 0.3) is 0 Å². The molecule has 0 saturated carbocycles. The van der Waals surface area contributed by atoms with E-state index in [4.69, 9.17) is 4.74 Å². The Morgan fingerprint density at radius 2 is 2.07 bits per heavy atom. The number of hydrogen-bond donors (Lipinski definition) is 0. The number of esters is 1. The molecule has 0 bridgehead atoms. The summed E-state index contributed by atoms with van der Waals surface area (Å²) in [6.07, 6.45) is 6.84. The van der Waals surface area contributed by atoms with Crippen LogP contribution in [-0.2, 0) is 14.3 Å². The summed E-state index contributed by atoms with van der Waals surface area (Å²) in [6.45, 7) is 2.17. The maximum atomic E-state index is 11.1. The molecule has 0 aromatic rings. The first kappa shape index (κ1) is 12.2. The van der Waals surface area contributed by atoms with Gasteiger partial charge in [0.2, 0.25) is 0 Å². The lowest BCUT2D eigenvalue weighted by atomic mass is 10.0. The summed E-state index contributed by atoms with van der Waals surface area (Å²) in [4.78, 5) is 22.3. The molecule has 3 heteroatoms. The van der Waals surface area contributed by atoms with E-state index in [1.807, 2.05) is 0 Å². The summed E-state index contributed by atoms with van der Waals surface area (Å²) in [5.41, 5.74) is 0. The Labute approximate surface area is 91.2 Å². The molecule has 0 aromatic carbocycles. The zero-order valence-corrected chi connectivity index (χ0v) is 9.46. The van der Waals surface area contributed by atoms with E-state index in [0.29, 0.717) is 6.42 Å². The number of carbonyl (C=O) groups excluding carboxylic acids is 2. The van der Waals surface area contributed by atoms with E-state index in [9.17, 15) is 9.59 Å². The average Bonchev–Trinajstić information content (AvgIpc) is 2.35. The SMILES string of the molecule is CCCCCCC1CCC(=O)CC(=O)O1. The maximum absolute atomic E-state index is 11.1. The van der Waals surface area contributed by atoms with Crippen molar-refractivity contribution in [2.24, 2.45) is 0 Å². The molecule has 1 fully saturated rings. The van der Waals surface area contributed by atoms with Crippen LogP contribution in [0.4, 0.5) is 0 Å². The number of unbranched alkanes of at least 4 members (excludes halogenated alkanes) is 3. The van der Waals surface area contributed by atoms with E-state index in [-0.39, 0.29) is 24.3 Å². The van der Waals surface area contributed by atoms with E-state index >= 15 is 0 Å². The number of cyclic esters (lactones) is 1. The summed E-state index contributed by atoms with van der Waals surface area (Å²) in [6, 6.07) is 0. The van der Waals surface area contributed by atoms with Crippen molar-refractivity contribution < 1.29 is 14.3 Å². The third-order valence-corrected chi connectivity index (χ3v) is 2.76. The topological polar surface area (TPSA) is 43.4 Å². The molecule has 0 N–H and O–H groups in total. The highest BCUT2D eigenvalue weighted by atomic mass is 16.5. The highest BCUT2D eigenvalue weighted by molar-refractivity contribution is 5.96. The van der Waals surface area contributed by atoms with Gasteiger partial charge in [0.15, 0.2) is 0 Å². The number of Topliss-reactive ketones (excluding diaryl/α,β-unsaturated/α-hetero) is 1. The summed E-state index contributed by atoms with van der Waals surface area (Å²) in [7, 11) is 0. The zero-order valence-electron chi connectivity index (χ0n) is 9.46. The first-order chi connectivity index (χ1) is 7.22. The van der Waals surface area contributed by atoms with Gasteiger partial charge in [0.25, 0.3) is 0 Å². The molecule has 1 rings (SSSR count). The molecular formula is C12H20O3. The minimum atomic E-state index is -0.335. The molecule has 15 heavy (non-hydrogen) atoms. The molecule has 1 aliphatic heterocycles. The second kappa shape index (κ2) is 6.59. The molecule has 1 saturated heterocycles. The molecule has 0 radical (unpaired) electrons. The van der Waals surface area contributed by atoms with Gasteiger partial charge >= 0.3 is 5.97 Å². The molecule has 0 aromatic heterocycles. The first-order valence-corrected chi connectivity index (χ1v) is 5.93. The lowest BCUT2D eigenvalue weighted by Crippen LogP contribution is -2.15. The van der Waals surface area contributed by atoms with Gasteiger partial charge in [-0.15, -0.1) is 0 Å². The average molecular weight is 212 g/mol. The Morgan fingerprint density at radius 3 is 2.80 bits per heavy atom. The van der Waals surface area contributed by atoms with Crippen molar-refractivity contribution in [1.82, 2.24) is 0 Å². The molecule has 0 spiro atoms. The normalized spacial score (nSPS) is 22.3. The Bertz CT molecular complexity index is 223. The summed E-state index contributed by atoms with van der Waals surface area (Å²) >= 11 is 0. The van der Waals surface area contributed by atoms with E-state index in [2.05, 4.69) is 6.92 Å². The molecule has 3 nitrogen and oxygen atoms in total. The fraction of sp³-hybridized carbons (Fsp3) is 0.833. The highest BCUT2D eigenvalue weighted by Crippen LogP contribution is 2.17. The minimum Gasteiger partial charge on any atom is -0.462 e. The molecule has 1 aliphatic rings. The van der Waals surface area contributed by atoms with Crippen LogP contribution in [0.3, 0.4) is 0 Å². The highest BCUT2D eigenvalue weighted by Gasteiger charge is 2.22. The number of ketones is 1.